The summed E-state index contributed by atoms with van der Waals surface area (Å²) < 4.78 is 37.8. The predicted molar refractivity (Wildman–Crippen MR) is 76.8 cm³/mol. The average Bonchev–Trinajstić information content (AvgIpc) is 2.37. The van der Waals surface area contributed by atoms with Gasteiger partial charge in [0.05, 0.1) is 5.92 Å². The lowest BCUT2D eigenvalue weighted by Crippen LogP contribution is -2.43. The summed E-state index contributed by atoms with van der Waals surface area (Å²) >= 11 is 0. The molecular weight excluding hydrogens is 265 g/mol. The molecule has 0 saturated carbocycles. The van der Waals surface area contributed by atoms with Gasteiger partial charge in [-0.1, -0.05) is 13.8 Å². The van der Waals surface area contributed by atoms with E-state index in [0.29, 0.717) is 25.0 Å². The second-order valence-electron chi connectivity index (χ2n) is 6.44. The van der Waals surface area contributed by atoms with Crippen LogP contribution in [0.3, 0.4) is 0 Å². The Morgan fingerprint density at radius 1 is 1.15 bits per heavy atom. The molecule has 0 spiro atoms. The lowest BCUT2D eigenvalue weighted by atomic mass is 9.95. The van der Waals surface area contributed by atoms with Gasteiger partial charge in [-0.3, -0.25) is 0 Å². The van der Waals surface area contributed by atoms with E-state index in [9.17, 15) is 13.2 Å². The van der Waals surface area contributed by atoms with Crippen LogP contribution in [0.15, 0.2) is 0 Å². The van der Waals surface area contributed by atoms with Crippen molar-refractivity contribution in [3.05, 3.63) is 0 Å². The van der Waals surface area contributed by atoms with E-state index in [2.05, 4.69) is 31.0 Å². The fourth-order valence-electron chi connectivity index (χ4n) is 2.76. The molecule has 0 aliphatic carbocycles. The van der Waals surface area contributed by atoms with Crippen molar-refractivity contribution < 1.29 is 13.2 Å². The van der Waals surface area contributed by atoms with Crippen molar-refractivity contribution in [1.82, 2.24) is 10.2 Å². The zero-order chi connectivity index (χ0) is 15.2. The van der Waals surface area contributed by atoms with Crippen molar-refractivity contribution in [1.29, 1.82) is 0 Å². The van der Waals surface area contributed by atoms with E-state index in [1.165, 1.54) is 0 Å². The smallest absolute Gasteiger partial charge is 0.316 e. The second-order valence-corrected chi connectivity index (χ2v) is 6.44. The van der Waals surface area contributed by atoms with Gasteiger partial charge in [0.2, 0.25) is 0 Å². The van der Waals surface area contributed by atoms with Gasteiger partial charge in [-0.15, -0.1) is 0 Å². The van der Waals surface area contributed by atoms with Gasteiger partial charge < -0.3 is 10.2 Å². The SMILES string of the molecule is CC(C)CNCCCC(C)N1CCC(C(F)(F)F)CC1. The molecule has 0 aromatic heterocycles. The summed E-state index contributed by atoms with van der Waals surface area (Å²) in [5.74, 6) is -0.424. The number of nitrogens with one attached hydrogen (secondary N) is 1. The first kappa shape index (κ1) is 17.8. The number of likely N-dealkylation sites (tertiary alicyclic amines) is 1. The van der Waals surface area contributed by atoms with Crippen LogP contribution >= 0.6 is 0 Å². The molecule has 1 heterocycles. The van der Waals surface area contributed by atoms with Crippen molar-refractivity contribution in [2.45, 2.75) is 58.7 Å². The normalized spacial score (nSPS) is 20.6. The monoisotopic (exact) mass is 294 g/mol. The number of piperidine rings is 1. The lowest BCUT2D eigenvalue weighted by molar-refractivity contribution is -0.186. The number of alkyl halides is 3. The van der Waals surface area contributed by atoms with Crippen LogP contribution in [-0.2, 0) is 0 Å². The van der Waals surface area contributed by atoms with E-state index < -0.39 is 12.1 Å². The van der Waals surface area contributed by atoms with Crippen LogP contribution in [0.5, 0.6) is 0 Å². The molecule has 1 aliphatic rings. The maximum Gasteiger partial charge on any atom is 0.391 e. The van der Waals surface area contributed by atoms with Crippen LogP contribution in [0, 0.1) is 11.8 Å². The maximum absolute atomic E-state index is 12.6. The molecule has 1 atom stereocenters. The predicted octanol–water partition coefficient (Wildman–Crippen LogP) is 3.68. The summed E-state index contributed by atoms with van der Waals surface area (Å²) in [6, 6.07) is 0.394. The molecule has 1 saturated heterocycles. The summed E-state index contributed by atoms with van der Waals surface area (Å²) in [7, 11) is 0. The number of rotatable bonds is 7. The van der Waals surface area contributed by atoms with Crippen molar-refractivity contribution in [2.24, 2.45) is 11.8 Å². The van der Waals surface area contributed by atoms with E-state index in [-0.39, 0.29) is 12.8 Å². The number of hydrogen-bond donors (Lipinski definition) is 1. The van der Waals surface area contributed by atoms with Crippen molar-refractivity contribution in [2.75, 3.05) is 26.2 Å². The zero-order valence-electron chi connectivity index (χ0n) is 13.0. The van der Waals surface area contributed by atoms with Crippen LogP contribution in [0.25, 0.3) is 0 Å². The van der Waals surface area contributed by atoms with Crippen LogP contribution in [0.1, 0.15) is 46.5 Å². The van der Waals surface area contributed by atoms with E-state index in [0.717, 1.165) is 25.9 Å². The average molecular weight is 294 g/mol. The molecule has 120 valence electrons. The highest BCUT2D eigenvalue weighted by Crippen LogP contribution is 2.34. The third-order valence-corrected chi connectivity index (χ3v) is 4.14. The van der Waals surface area contributed by atoms with Gasteiger partial charge in [-0.2, -0.15) is 13.2 Å². The van der Waals surface area contributed by atoms with Crippen molar-refractivity contribution >= 4 is 0 Å². The molecule has 0 bridgehead atoms. The van der Waals surface area contributed by atoms with E-state index in [1.807, 2.05) is 0 Å². The number of halogens is 3. The first-order chi connectivity index (χ1) is 9.30. The van der Waals surface area contributed by atoms with Gasteiger partial charge in [0.1, 0.15) is 0 Å². The molecule has 0 amide bonds. The van der Waals surface area contributed by atoms with E-state index in [4.69, 9.17) is 0 Å². The summed E-state index contributed by atoms with van der Waals surface area (Å²) in [5, 5.41) is 3.40. The standard InChI is InChI=1S/C15H29F3N2/c1-12(2)11-19-8-4-5-13(3)20-9-6-14(7-10-20)15(16,17)18/h12-14,19H,4-11H2,1-3H3. The first-order valence-corrected chi connectivity index (χ1v) is 7.82. The Morgan fingerprint density at radius 2 is 1.75 bits per heavy atom. The largest absolute Gasteiger partial charge is 0.391 e. The van der Waals surface area contributed by atoms with Crippen molar-refractivity contribution in [3.8, 4) is 0 Å². The molecule has 1 rings (SSSR count). The molecule has 1 N–H and O–H groups in total. The minimum atomic E-state index is -4.00. The van der Waals surface area contributed by atoms with Gasteiger partial charge >= 0.3 is 6.18 Å². The van der Waals surface area contributed by atoms with Gasteiger partial charge in [0.25, 0.3) is 0 Å². The summed E-state index contributed by atoms with van der Waals surface area (Å²) in [6.07, 6.45) is -1.33. The molecule has 0 aromatic rings. The Kier molecular flexibility index (Phi) is 7.30. The highest BCUT2D eigenvalue weighted by atomic mass is 19.4. The molecule has 5 heteroatoms. The van der Waals surface area contributed by atoms with Crippen molar-refractivity contribution in [3.63, 3.8) is 0 Å². The Bertz CT molecular complexity index is 258. The lowest BCUT2D eigenvalue weighted by Gasteiger charge is -2.36. The summed E-state index contributed by atoms with van der Waals surface area (Å²) in [4.78, 5) is 2.21. The molecular formula is C15H29F3N2. The zero-order valence-corrected chi connectivity index (χ0v) is 13.0. The quantitative estimate of drug-likeness (QED) is 0.721. The van der Waals surface area contributed by atoms with Gasteiger partial charge in [0, 0.05) is 6.04 Å². The highest BCUT2D eigenvalue weighted by molar-refractivity contribution is 4.80. The fourth-order valence-corrected chi connectivity index (χ4v) is 2.76. The topological polar surface area (TPSA) is 15.3 Å². The third kappa shape index (κ3) is 6.44. The second kappa shape index (κ2) is 8.23. The number of hydrogen-bond acceptors (Lipinski definition) is 2. The minimum Gasteiger partial charge on any atom is -0.316 e. The van der Waals surface area contributed by atoms with E-state index in [1.54, 1.807) is 0 Å². The Labute approximate surface area is 121 Å². The summed E-state index contributed by atoms with van der Waals surface area (Å²) in [6.45, 7) is 9.71. The Morgan fingerprint density at radius 3 is 2.25 bits per heavy atom. The van der Waals surface area contributed by atoms with Crippen LogP contribution in [-0.4, -0.2) is 43.3 Å². The van der Waals surface area contributed by atoms with Crippen LogP contribution in [0.4, 0.5) is 13.2 Å². The minimum absolute atomic E-state index is 0.263. The third-order valence-electron chi connectivity index (χ3n) is 4.14. The first-order valence-electron chi connectivity index (χ1n) is 7.82. The maximum atomic E-state index is 12.6. The van der Waals surface area contributed by atoms with Gasteiger partial charge in [-0.25, -0.2) is 0 Å². The Balaban J connectivity index is 2.14. The fraction of sp³-hybridized carbons (Fsp3) is 1.00. The molecule has 1 fully saturated rings. The van der Waals surface area contributed by atoms with Crippen LogP contribution in [0.2, 0.25) is 0 Å². The highest BCUT2D eigenvalue weighted by Gasteiger charge is 2.41. The van der Waals surface area contributed by atoms with Crippen LogP contribution < -0.4 is 5.32 Å². The molecule has 20 heavy (non-hydrogen) atoms. The number of nitrogens with zero attached hydrogens (tertiary/aromatic N) is 1. The van der Waals surface area contributed by atoms with Gasteiger partial charge in [-0.05, 0) is 64.7 Å². The molecule has 1 aliphatic heterocycles. The molecule has 2 nitrogen and oxygen atoms in total. The molecule has 0 radical (unpaired) electrons. The molecule has 0 aromatic carbocycles. The molecule has 1 unspecified atom stereocenters. The van der Waals surface area contributed by atoms with Gasteiger partial charge in [0.15, 0.2) is 0 Å². The van der Waals surface area contributed by atoms with E-state index >= 15 is 0 Å². The summed E-state index contributed by atoms with van der Waals surface area (Å²) in [5.41, 5.74) is 0. The Hall–Kier alpha value is -0.290.